The molecule has 0 aliphatic rings. The summed E-state index contributed by atoms with van der Waals surface area (Å²) in [6, 6.07) is 10.7. The van der Waals surface area contributed by atoms with Crippen molar-refractivity contribution in [1.82, 2.24) is 20.4 Å². The van der Waals surface area contributed by atoms with Gasteiger partial charge in [0.05, 0.1) is 18.8 Å². The molecule has 3 aromatic rings. The fourth-order valence-electron chi connectivity index (χ4n) is 2.36. The molecular formula is C18H20N4O3. The maximum Gasteiger partial charge on any atom is 0.243 e. The Kier molecular flexibility index (Phi) is 4.95. The van der Waals surface area contributed by atoms with E-state index in [0.717, 1.165) is 17.0 Å². The van der Waals surface area contributed by atoms with E-state index in [4.69, 9.17) is 9.26 Å². The lowest BCUT2D eigenvalue weighted by molar-refractivity contribution is 0.337. The SMILES string of the molecule is COc1cccc(-c2noc(C(C)NCc3nc(C)ccc3O)n2)c1. The van der Waals surface area contributed by atoms with E-state index in [0.29, 0.717) is 24.0 Å². The van der Waals surface area contributed by atoms with Crippen molar-refractivity contribution in [3.8, 4) is 22.9 Å². The van der Waals surface area contributed by atoms with E-state index < -0.39 is 0 Å². The molecule has 0 aliphatic heterocycles. The van der Waals surface area contributed by atoms with Gasteiger partial charge in [0, 0.05) is 17.8 Å². The first-order valence-electron chi connectivity index (χ1n) is 7.93. The van der Waals surface area contributed by atoms with Gasteiger partial charge in [0.25, 0.3) is 0 Å². The second-order valence-electron chi connectivity index (χ2n) is 5.71. The van der Waals surface area contributed by atoms with Gasteiger partial charge >= 0.3 is 0 Å². The fourth-order valence-corrected chi connectivity index (χ4v) is 2.36. The molecule has 0 saturated carbocycles. The number of benzene rings is 1. The number of hydrogen-bond donors (Lipinski definition) is 2. The van der Waals surface area contributed by atoms with Crippen molar-refractivity contribution in [3.63, 3.8) is 0 Å². The number of rotatable bonds is 6. The van der Waals surface area contributed by atoms with E-state index in [1.54, 1.807) is 19.2 Å². The van der Waals surface area contributed by atoms with Crippen LogP contribution in [0.3, 0.4) is 0 Å². The molecule has 7 heteroatoms. The van der Waals surface area contributed by atoms with Crippen molar-refractivity contribution in [2.45, 2.75) is 26.4 Å². The van der Waals surface area contributed by atoms with Crippen LogP contribution in [-0.2, 0) is 6.54 Å². The lowest BCUT2D eigenvalue weighted by Crippen LogP contribution is -2.19. The molecule has 0 fully saturated rings. The molecule has 130 valence electrons. The minimum absolute atomic E-state index is 0.160. The van der Waals surface area contributed by atoms with E-state index >= 15 is 0 Å². The van der Waals surface area contributed by atoms with Gasteiger partial charge in [0.15, 0.2) is 0 Å². The third kappa shape index (κ3) is 3.95. The number of aryl methyl sites for hydroxylation is 1. The van der Waals surface area contributed by atoms with E-state index in [1.807, 2.05) is 38.1 Å². The van der Waals surface area contributed by atoms with Crippen LogP contribution in [0, 0.1) is 6.92 Å². The number of pyridine rings is 1. The minimum atomic E-state index is -0.187. The molecule has 1 aromatic carbocycles. The zero-order valence-corrected chi connectivity index (χ0v) is 14.4. The number of ether oxygens (including phenoxy) is 1. The van der Waals surface area contributed by atoms with Crippen LogP contribution >= 0.6 is 0 Å². The van der Waals surface area contributed by atoms with Crippen LogP contribution in [0.5, 0.6) is 11.5 Å². The quantitative estimate of drug-likeness (QED) is 0.712. The van der Waals surface area contributed by atoms with Gasteiger partial charge in [-0.05, 0) is 38.1 Å². The Morgan fingerprint density at radius 3 is 2.88 bits per heavy atom. The third-order valence-electron chi connectivity index (χ3n) is 3.81. The van der Waals surface area contributed by atoms with Crippen LogP contribution in [0.4, 0.5) is 0 Å². The number of nitrogens with one attached hydrogen (secondary N) is 1. The minimum Gasteiger partial charge on any atom is -0.506 e. The van der Waals surface area contributed by atoms with Gasteiger partial charge in [-0.2, -0.15) is 4.98 Å². The summed E-state index contributed by atoms with van der Waals surface area (Å²) in [6.45, 7) is 4.19. The molecule has 0 bridgehead atoms. The largest absolute Gasteiger partial charge is 0.506 e. The smallest absolute Gasteiger partial charge is 0.243 e. The van der Waals surface area contributed by atoms with Crippen LogP contribution < -0.4 is 10.1 Å². The predicted molar refractivity (Wildman–Crippen MR) is 92.2 cm³/mol. The van der Waals surface area contributed by atoms with Gasteiger partial charge in [0.2, 0.25) is 11.7 Å². The Hall–Kier alpha value is -2.93. The van der Waals surface area contributed by atoms with Crippen LogP contribution in [-0.4, -0.2) is 27.3 Å². The van der Waals surface area contributed by atoms with Crippen molar-refractivity contribution in [3.05, 3.63) is 53.7 Å². The highest BCUT2D eigenvalue weighted by atomic mass is 16.5. The van der Waals surface area contributed by atoms with Crippen LogP contribution in [0.15, 0.2) is 40.9 Å². The highest BCUT2D eigenvalue weighted by Gasteiger charge is 2.16. The van der Waals surface area contributed by atoms with Gasteiger partial charge < -0.3 is 19.7 Å². The molecule has 0 radical (unpaired) electrons. The maximum absolute atomic E-state index is 9.85. The summed E-state index contributed by atoms with van der Waals surface area (Å²) in [6.07, 6.45) is 0. The van der Waals surface area contributed by atoms with E-state index in [9.17, 15) is 5.11 Å². The molecule has 2 N–H and O–H groups in total. The Labute approximate surface area is 145 Å². The van der Waals surface area contributed by atoms with E-state index in [-0.39, 0.29) is 11.8 Å². The summed E-state index contributed by atoms with van der Waals surface area (Å²) in [4.78, 5) is 8.75. The first-order chi connectivity index (χ1) is 12.1. The van der Waals surface area contributed by atoms with Crippen LogP contribution in [0.25, 0.3) is 11.4 Å². The summed E-state index contributed by atoms with van der Waals surface area (Å²) in [7, 11) is 1.61. The number of aromatic nitrogens is 3. The van der Waals surface area contributed by atoms with Gasteiger partial charge in [-0.1, -0.05) is 17.3 Å². The lowest BCUT2D eigenvalue weighted by Gasteiger charge is -2.10. The second kappa shape index (κ2) is 7.31. The molecule has 2 heterocycles. The standard InChI is InChI=1S/C18H20N4O3/c1-11-7-8-16(23)15(20-11)10-19-12(2)18-21-17(22-25-18)13-5-4-6-14(9-13)24-3/h4-9,12,19,23H,10H2,1-3H3. The van der Waals surface area contributed by atoms with Crippen molar-refractivity contribution in [2.75, 3.05) is 7.11 Å². The topological polar surface area (TPSA) is 93.3 Å². The second-order valence-corrected chi connectivity index (χ2v) is 5.71. The van der Waals surface area contributed by atoms with Crippen LogP contribution in [0.1, 0.15) is 30.2 Å². The Morgan fingerprint density at radius 2 is 2.08 bits per heavy atom. The van der Waals surface area contributed by atoms with Gasteiger partial charge in [-0.15, -0.1) is 0 Å². The molecule has 25 heavy (non-hydrogen) atoms. The highest BCUT2D eigenvalue weighted by Crippen LogP contribution is 2.23. The molecule has 0 saturated heterocycles. The van der Waals surface area contributed by atoms with E-state index in [2.05, 4.69) is 20.4 Å². The van der Waals surface area contributed by atoms with Crippen molar-refractivity contribution in [1.29, 1.82) is 0 Å². The molecule has 0 amide bonds. The molecule has 3 rings (SSSR count). The monoisotopic (exact) mass is 340 g/mol. The average Bonchev–Trinajstić information content (AvgIpc) is 3.12. The Balaban J connectivity index is 1.70. The number of methoxy groups -OCH3 is 1. The molecule has 7 nitrogen and oxygen atoms in total. The number of hydrogen-bond acceptors (Lipinski definition) is 7. The predicted octanol–water partition coefficient (Wildman–Crippen LogP) is 3.01. The zero-order chi connectivity index (χ0) is 17.8. The summed E-state index contributed by atoms with van der Waals surface area (Å²) in [5, 5.41) is 17.1. The summed E-state index contributed by atoms with van der Waals surface area (Å²) < 4.78 is 10.6. The van der Waals surface area contributed by atoms with Crippen molar-refractivity contribution < 1.29 is 14.4 Å². The first-order valence-corrected chi connectivity index (χ1v) is 7.93. The summed E-state index contributed by atoms with van der Waals surface area (Å²) in [5.41, 5.74) is 2.25. The Morgan fingerprint density at radius 1 is 1.24 bits per heavy atom. The molecule has 2 aromatic heterocycles. The first kappa shape index (κ1) is 16.9. The van der Waals surface area contributed by atoms with Gasteiger partial charge in [-0.3, -0.25) is 4.98 Å². The Bertz CT molecular complexity index is 863. The highest BCUT2D eigenvalue weighted by molar-refractivity contribution is 5.56. The third-order valence-corrected chi connectivity index (χ3v) is 3.81. The van der Waals surface area contributed by atoms with E-state index in [1.165, 1.54) is 0 Å². The molecule has 0 spiro atoms. The maximum atomic E-state index is 9.85. The molecule has 0 aliphatic carbocycles. The van der Waals surface area contributed by atoms with Gasteiger partial charge in [0.1, 0.15) is 11.5 Å². The summed E-state index contributed by atoms with van der Waals surface area (Å²) >= 11 is 0. The molecular weight excluding hydrogens is 320 g/mol. The fraction of sp³-hybridized carbons (Fsp3) is 0.278. The molecule has 1 unspecified atom stereocenters. The molecule has 1 atom stereocenters. The summed E-state index contributed by atoms with van der Waals surface area (Å²) in [5.74, 6) is 1.85. The average molecular weight is 340 g/mol. The zero-order valence-electron chi connectivity index (χ0n) is 14.4. The number of aromatic hydroxyl groups is 1. The lowest BCUT2D eigenvalue weighted by atomic mass is 10.2. The van der Waals surface area contributed by atoms with Crippen LogP contribution in [0.2, 0.25) is 0 Å². The van der Waals surface area contributed by atoms with Crippen molar-refractivity contribution >= 4 is 0 Å². The van der Waals surface area contributed by atoms with Gasteiger partial charge in [-0.25, -0.2) is 0 Å². The number of nitrogens with zero attached hydrogens (tertiary/aromatic N) is 3. The van der Waals surface area contributed by atoms with Crippen molar-refractivity contribution in [2.24, 2.45) is 0 Å². The normalized spacial score (nSPS) is 12.1.